The van der Waals surface area contributed by atoms with Gasteiger partial charge >= 0.3 is 0 Å². The first-order valence-corrected chi connectivity index (χ1v) is 12.6. The molecule has 8 nitrogen and oxygen atoms in total. The number of nitrogens with two attached hydrogens (primary N) is 1. The fourth-order valence-corrected chi connectivity index (χ4v) is 4.71. The van der Waals surface area contributed by atoms with Gasteiger partial charge in [-0.3, -0.25) is 9.97 Å². The Kier molecular flexibility index (Phi) is 8.66. The normalized spacial score (nSPS) is 12.1. The minimum Gasteiger partial charge on any atom is -0.493 e. The molecule has 0 saturated heterocycles. The van der Waals surface area contributed by atoms with Gasteiger partial charge in [0.05, 0.1) is 34.0 Å². The summed E-state index contributed by atoms with van der Waals surface area (Å²) in [5, 5.41) is 1.86. The second-order valence-electron chi connectivity index (χ2n) is 9.26. The lowest BCUT2D eigenvalue weighted by Gasteiger charge is -2.24. The van der Waals surface area contributed by atoms with E-state index in [1.165, 1.54) is 0 Å². The van der Waals surface area contributed by atoms with Crippen molar-refractivity contribution in [3.63, 3.8) is 0 Å². The van der Waals surface area contributed by atoms with Gasteiger partial charge in [-0.1, -0.05) is 6.92 Å². The van der Waals surface area contributed by atoms with Crippen LogP contribution in [-0.4, -0.2) is 63.4 Å². The predicted octanol–water partition coefficient (Wildman–Crippen LogP) is 5.60. The van der Waals surface area contributed by atoms with Gasteiger partial charge in [0.15, 0.2) is 11.5 Å². The van der Waals surface area contributed by atoms with E-state index in [0.29, 0.717) is 29.5 Å². The van der Waals surface area contributed by atoms with Crippen LogP contribution in [0.2, 0.25) is 0 Å². The molecule has 1 atom stereocenters. The van der Waals surface area contributed by atoms with Gasteiger partial charge in [-0.2, -0.15) is 0 Å². The number of nitrogens with zero attached hydrogens (tertiary/aromatic N) is 3. The number of likely N-dealkylation sites (N-methyl/N-ethyl adjacent to an activating group) is 1. The number of benzene rings is 2. The lowest BCUT2D eigenvalue weighted by Crippen LogP contribution is -2.19. The summed E-state index contributed by atoms with van der Waals surface area (Å²) in [6.07, 6.45) is 7.89. The minimum atomic E-state index is -0.143. The topological polar surface area (TPSA) is 92.0 Å². The van der Waals surface area contributed by atoms with Crippen LogP contribution in [0.1, 0.15) is 25.0 Å². The van der Waals surface area contributed by atoms with E-state index < -0.39 is 0 Å². The van der Waals surface area contributed by atoms with Crippen LogP contribution in [0, 0.1) is 0 Å². The van der Waals surface area contributed by atoms with Crippen molar-refractivity contribution in [2.24, 2.45) is 0 Å². The van der Waals surface area contributed by atoms with Gasteiger partial charge in [-0.15, -0.1) is 0 Å². The number of methoxy groups -OCH3 is 3. The molecule has 0 spiro atoms. The van der Waals surface area contributed by atoms with Crippen molar-refractivity contribution in [1.29, 1.82) is 0 Å². The Hall–Kier alpha value is -3.88. The fourth-order valence-electron chi connectivity index (χ4n) is 4.71. The highest BCUT2D eigenvalue weighted by Gasteiger charge is 2.23. The van der Waals surface area contributed by atoms with Crippen LogP contribution in [0.15, 0.2) is 55.1 Å². The van der Waals surface area contributed by atoms with Crippen LogP contribution in [0.25, 0.3) is 33.0 Å². The van der Waals surface area contributed by atoms with Crippen LogP contribution in [0.5, 0.6) is 17.2 Å². The molecule has 0 radical (unpaired) electrons. The van der Waals surface area contributed by atoms with Crippen molar-refractivity contribution in [3.8, 4) is 39.5 Å². The average molecular weight is 517 g/mol. The van der Waals surface area contributed by atoms with Gasteiger partial charge in [0.25, 0.3) is 0 Å². The smallest absolute Gasteiger partial charge is 0.203 e. The monoisotopic (exact) mass is 516 g/mol. The van der Waals surface area contributed by atoms with E-state index in [4.69, 9.17) is 24.7 Å². The highest BCUT2D eigenvalue weighted by Crippen LogP contribution is 2.47. The van der Waals surface area contributed by atoms with Crippen LogP contribution in [0.4, 0.5) is 5.69 Å². The minimum absolute atomic E-state index is 0.143. The Bertz CT molecular complexity index is 1380. The van der Waals surface area contributed by atoms with Crippen LogP contribution in [0.3, 0.4) is 0 Å². The van der Waals surface area contributed by atoms with E-state index in [-0.39, 0.29) is 6.10 Å². The van der Waals surface area contributed by atoms with Crippen molar-refractivity contribution in [2.45, 2.75) is 19.4 Å². The molecule has 0 aliphatic heterocycles. The number of aromatic nitrogens is 2. The number of pyridine rings is 2. The number of ether oxygens (including phenoxy) is 4. The molecule has 0 fully saturated rings. The van der Waals surface area contributed by atoms with Crippen molar-refractivity contribution < 1.29 is 18.9 Å². The summed E-state index contributed by atoms with van der Waals surface area (Å²) in [4.78, 5) is 10.9. The summed E-state index contributed by atoms with van der Waals surface area (Å²) in [7, 11) is 8.89. The second kappa shape index (κ2) is 12.1. The number of anilines is 1. The molecular weight excluding hydrogens is 480 g/mol. The zero-order valence-corrected chi connectivity index (χ0v) is 22.9. The maximum absolute atomic E-state index is 6.94. The lowest BCUT2D eigenvalue weighted by molar-refractivity contribution is 0.0412. The summed E-state index contributed by atoms with van der Waals surface area (Å²) in [6.45, 7) is 3.55. The van der Waals surface area contributed by atoms with Gasteiger partial charge < -0.3 is 29.6 Å². The Morgan fingerprint density at radius 2 is 1.58 bits per heavy atom. The molecule has 4 aromatic rings. The third kappa shape index (κ3) is 5.37. The number of hydrogen-bond donors (Lipinski definition) is 1. The summed E-state index contributed by atoms with van der Waals surface area (Å²) >= 11 is 0. The van der Waals surface area contributed by atoms with Crippen molar-refractivity contribution in [3.05, 3.63) is 60.7 Å². The van der Waals surface area contributed by atoms with Gasteiger partial charge in [0.2, 0.25) is 5.75 Å². The first-order chi connectivity index (χ1) is 18.4. The lowest BCUT2D eigenvalue weighted by atomic mass is 9.87. The maximum Gasteiger partial charge on any atom is 0.203 e. The summed E-state index contributed by atoms with van der Waals surface area (Å²) in [6, 6.07) is 9.98. The number of nitrogen functional groups attached to an aromatic ring is 1. The molecule has 4 rings (SSSR count). The zero-order valence-electron chi connectivity index (χ0n) is 22.9. The Morgan fingerprint density at radius 1 is 0.895 bits per heavy atom. The molecule has 0 saturated carbocycles. The molecule has 2 aromatic carbocycles. The molecule has 2 N–H and O–H groups in total. The van der Waals surface area contributed by atoms with E-state index in [9.17, 15) is 0 Å². The average Bonchev–Trinajstić information content (AvgIpc) is 2.94. The predicted molar refractivity (Wildman–Crippen MR) is 152 cm³/mol. The van der Waals surface area contributed by atoms with E-state index in [1.807, 2.05) is 44.6 Å². The second-order valence-corrected chi connectivity index (χ2v) is 9.26. The fraction of sp³-hybridized carbons (Fsp3) is 0.333. The third-order valence-electron chi connectivity index (χ3n) is 6.66. The molecule has 0 amide bonds. The molecule has 1 unspecified atom stereocenters. The van der Waals surface area contributed by atoms with Gasteiger partial charge in [-0.25, -0.2) is 0 Å². The van der Waals surface area contributed by atoms with Gasteiger partial charge in [0, 0.05) is 53.5 Å². The summed E-state index contributed by atoms with van der Waals surface area (Å²) in [5.41, 5.74) is 12.2. The number of fused-ring (bicyclic) bond motifs is 1. The van der Waals surface area contributed by atoms with Crippen molar-refractivity contribution in [2.75, 3.05) is 54.3 Å². The first kappa shape index (κ1) is 27.2. The molecular formula is C30H36N4O4. The van der Waals surface area contributed by atoms with Crippen molar-refractivity contribution in [1.82, 2.24) is 14.9 Å². The standard InChI is InChI=1S/C30H36N4O4/c1-7-25(38-13-12-34(2)3)24-18-33-11-9-21(24)28-22(14-19-8-10-32-17-23(19)29(28)31)20-15-26(35-4)30(37-6)27(16-20)36-5/h8-11,14-18,25H,7,12-13,31H2,1-6H3. The molecule has 200 valence electrons. The number of rotatable bonds is 11. The first-order valence-electron chi connectivity index (χ1n) is 12.6. The summed E-state index contributed by atoms with van der Waals surface area (Å²) in [5.74, 6) is 1.66. The molecule has 8 heteroatoms. The third-order valence-corrected chi connectivity index (χ3v) is 6.66. The van der Waals surface area contributed by atoms with Crippen LogP contribution in [-0.2, 0) is 4.74 Å². The van der Waals surface area contributed by atoms with E-state index in [2.05, 4.69) is 27.9 Å². The summed E-state index contributed by atoms with van der Waals surface area (Å²) < 4.78 is 23.2. The SMILES string of the molecule is CCC(OCCN(C)C)c1cnccc1-c1c(-c2cc(OC)c(OC)c(OC)c2)cc2ccncc2c1N. The Labute approximate surface area is 224 Å². The van der Waals surface area contributed by atoms with E-state index in [0.717, 1.165) is 51.6 Å². The number of hydrogen-bond acceptors (Lipinski definition) is 8. The molecule has 38 heavy (non-hydrogen) atoms. The largest absolute Gasteiger partial charge is 0.493 e. The van der Waals surface area contributed by atoms with Crippen LogP contribution < -0.4 is 19.9 Å². The maximum atomic E-state index is 6.94. The quantitative estimate of drug-likeness (QED) is 0.258. The van der Waals surface area contributed by atoms with Gasteiger partial charge in [-0.05, 0) is 72.9 Å². The van der Waals surface area contributed by atoms with E-state index in [1.54, 1.807) is 39.9 Å². The zero-order chi connectivity index (χ0) is 27.2. The van der Waals surface area contributed by atoms with Crippen LogP contribution >= 0.6 is 0 Å². The molecule has 2 aromatic heterocycles. The molecule has 0 aliphatic rings. The van der Waals surface area contributed by atoms with Crippen molar-refractivity contribution >= 4 is 16.5 Å². The Morgan fingerprint density at radius 3 is 2.21 bits per heavy atom. The highest BCUT2D eigenvalue weighted by atomic mass is 16.5. The molecule has 0 bridgehead atoms. The molecule has 2 heterocycles. The molecule has 0 aliphatic carbocycles. The highest BCUT2D eigenvalue weighted by molar-refractivity contribution is 6.07. The van der Waals surface area contributed by atoms with E-state index >= 15 is 0 Å². The Balaban J connectivity index is 1.99. The van der Waals surface area contributed by atoms with Gasteiger partial charge in [0.1, 0.15) is 0 Å².